The summed E-state index contributed by atoms with van der Waals surface area (Å²) in [5.74, 6) is -0.411. The SMILES string of the molecule is CCN(CC)c1cc(O)c(C=Nc2cc([N+](=O)[O-])ccc2O)cc1N=Nc1ccc(S(=O)(=O)O)cc1. The van der Waals surface area contributed by atoms with Crippen molar-refractivity contribution in [2.24, 2.45) is 15.2 Å². The maximum absolute atomic E-state index is 11.2. The molecule has 0 atom stereocenters. The standard InChI is InChI=1S/C23H23N5O7S/c1-3-27(4-2)21-13-23(30)15(14-24-20-12-17(28(31)32)7-10-22(20)29)11-19(21)26-25-16-5-8-18(9-6-16)36(33,34)35/h5-14,29-30H,3-4H2,1-2H3,(H,33,34,35). The van der Waals surface area contributed by atoms with Crippen LogP contribution in [0.3, 0.4) is 0 Å². The van der Waals surface area contributed by atoms with Gasteiger partial charge in [0.15, 0.2) is 0 Å². The van der Waals surface area contributed by atoms with Crippen LogP contribution in [0.5, 0.6) is 11.5 Å². The van der Waals surface area contributed by atoms with Crippen LogP contribution in [0.25, 0.3) is 0 Å². The summed E-state index contributed by atoms with van der Waals surface area (Å²) in [5.41, 5.74) is 1.16. The first-order valence-corrected chi connectivity index (χ1v) is 12.1. The molecule has 0 saturated heterocycles. The molecule has 3 aromatic rings. The third-order valence-electron chi connectivity index (χ3n) is 5.15. The smallest absolute Gasteiger partial charge is 0.294 e. The number of anilines is 1. The van der Waals surface area contributed by atoms with Crippen molar-refractivity contribution in [1.82, 2.24) is 0 Å². The van der Waals surface area contributed by atoms with Gasteiger partial charge in [-0.05, 0) is 50.2 Å². The van der Waals surface area contributed by atoms with Crippen LogP contribution in [-0.2, 0) is 10.1 Å². The first-order chi connectivity index (χ1) is 17.0. The maximum atomic E-state index is 11.2. The molecular formula is C23H23N5O7S. The number of phenols is 2. The topological polar surface area (TPSA) is 178 Å². The Hall–Kier alpha value is -4.36. The number of nitrogens with zero attached hydrogens (tertiary/aromatic N) is 5. The number of benzene rings is 3. The van der Waals surface area contributed by atoms with E-state index in [4.69, 9.17) is 4.55 Å². The third kappa shape index (κ3) is 6.20. The molecule has 0 amide bonds. The lowest BCUT2D eigenvalue weighted by atomic mass is 10.1. The van der Waals surface area contributed by atoms with Gasteiger partial charge < -0.3 is 15.1 Å². The molecule has 0 aliphatic rings. The molecule has 3 aromatic carbocycles. The summed E-state index contributed by atoms with van der Waals surface area (Å²) in [5, 5.41) is 40.0. The number of phenolic OH excluding ortho intramolecular Hbond substituents is 2. The van der Waals surface area contributed by atoms with Crippen molar-refractivity contribution in [2.75, 3.05) is 18.0 Å². The zero-order valence-corrected chi connectivity index (χ0v) is 20.1. The number of hydrogen-bond donors (Lipinski definition) is 3. The van der Waals surface area contributed by atoms with Gasteiger partial charge in [0.25, 0.3) is 15.8 Å². The van der Waals surface area contributed by atoms with E-state index in [1.807, 2.05) is 18.7 Å². The van der Waals surface area contributed by atoms with Crippen molar-refractivity contribution in [3.63, 3.8) is 0 Å². The lowest BCUT2D eigenvalue weighted by Crippen LogP contribution is -2.21. The number of nitro benzene ring substituents is 1. The highest BCUT2D eigenvalue weighted by molar-refractivity contribution is 7.85. The van der Waals surface area contributed by atoms with Crippen LogP contribution in [0.4, 0.5) is 28.4 Å². The average molecular weight is 514 g/mol. The first kappa shape index (κ1) is 26.2. The highest BCUT2D eigenvalue weighted by atomic mass is 32.2. The van der Waals surface area contributed by atoms with Gasteiger partial charge in [0.1, 0.15) is 22.9 Å². The fraction of sp³-hybridized carbons (Fsp3) is 0.174. The molecule has 0 spiro atoms. The van der Waals surface area contributed by atoms with Crippen LogP contribution in [0.1, 0.15) is 19.4 Å². The minimum atomic E-state index is -4.34. The number of rotatable bonds is 9. The van der Waals surface area contributed by atoms with Gasteiger partial charge in [0.2, 0.25) is 0 Å². The van der Waals surface area contributed by atoms with E-state index >= 15 is 0 Å². The van der Waals surface area contributed by atoms with Gasteiger partial charge in [0.05, 0.1) is 21.2 Å². The van der Waals surface area contributed by atoms with Crippen molar-refractivity contribution in [2.45, 2.75) is 18.7 Å². The van der Waals surface area contributed by atoms with E-state index in [-0.39, 0.29) is 33.3 Å². The number of nitro groups is 1. The Bertz CT molecular complexity index is 1430. The van der Waals surface area contributed by atoms with Crippen LogP contribution < -0.4 is 4.90 Å². The molecule has 0 aliphatic heterocycles. The largest absolute Gasteiger partial charge is 0.507 e. The zero-order valence-electron chi connectivity index (χ0n) is 19.3. The van der Waals surface area contributed by atoms with Crippen molar-refractivity contribution < 1.29 is 28.1 Å². The van der Waals surface area contributed by atoms with Gasteiger partial charge in [-0.15, -0.1) is 5.11 Å². The summed E-state index contributed by atoms with van der Waals surface area (Å²) in [6.07, 6.45) is 1.24. The maximum Gasteiger partial charge on any atom is 0.294 e. The Kier molecular flexibility index (Phi) is 7.96. The number of non-ortho nitro benzene ring substituents is 1. The molecular weight excluding hydrogens is 490 g/mol. The van der Waals surface area contributed by atoms with E-state index in [2.05, 4.69) is 15.2 Å². The quantitative estimate of drug-likeness (QED) is 0.114. The van der Waals surface area contributed by atoms with Gasteiger partial charge in [-0.1, -0.05) is 0 Å². The minimum absolute atomic E-state index is 0.0569. The highest BCUT2D eigenvalue weighted by Crippen LogP contribution is 2.37. The summed E-state index contributed by atoms with van der Waals surface area (Å²) < 4.78 is 31.6. The highest BCUT2D eigenvalue weighted by Gasteiger charge is 2.14. The Morgan fingerprint density at radius 2 is 1.61 bits per heavy atom. The van der Waals surface area contributed by atoms with Crippen molar-refractivity contribution in [1.29, 1.82) is 0 Å². The number of hydrogen-bond acceptors (Lipinski definition) is 10. The van der Waals surface area contributed by atoms with Crippen LogP contribution in [0, 0.1) is 10.1 Å². The molecule has 0 unspecified atom stereocenters. The molecule has 12 nitrogen and oxygen atoms in total. The summed E-state index contributed by atoms with van der Waals surface area (Å²) in [6.45, 7) is 5.07. The summed E-state index contributed by atoms with van der Waals surface area (Å²) in [6, 6.07) is 11.5. The van der Waals surface area contributed by atoms with E-state index in [0.717, 1.165) is 18.2 Å². The molecule has 0 saturated carbocycles. The van der Waals surface area contributed by atoms with E-state index in [1.54, 1.807) is 0 Å². The fourth-order valence-corrected chi connectivity index (χ4v) is 3.73. The van der Waals surface area contributed by atoms with Crippen molar-refractivity contribution >= 4 is 44.8 Å². The first-order valence-electron chi connectivity index (χ1n) is 10.7. The second-order valence-corrected chi connectivity index (χ2v) is 8.85. The van der Waals surface area contributed by atoms with Crippen LogP contribution >= 0.6 is 0 Å². The van der Waals surface area contributed by atoms with E-state index in [1.165, 1.54) is 42.6 Å². The molecule has 3 N–H and O–H groups in total. The Balaban J connectivity index is 2.03. The molecule has 0 bridgehead atoms. The monoisotopic (exact) mass is 513 g/mol. The second-order valence-electron chi connectivity index (χ2n) is 7.43. The normalized spacial score (nSPS) is 11.9. The van der Waals surface area contributed by atoms with Gasteiger partial charge in [-0.3, -0.25) is 19.7 Å². The summed E-state index contributed by atoms with van der Waals surface area (Å²) in [4.78, 5) is 16.1. The van der Waals surface area contributed by atoms with E-state index < -0.39 is 15.0 Å². The van der Waals surface area contributed by atoms with Gasteiger partial charge >= 0.3 is 0 Å². The zero-order chi connectivity index (χ0) is 26.5. The molecule has 0 aliphatic carbocycles. The predicted molar refractivity (Wildman–Crippen MR) is 134 cm³/mol. The number of aromatic hydroxyl groups is 2. The van der Waals surface area contributed by atoms with Crippen LogP contribution in [-0.4, -0.2) is 47.4 Å². The number of aliphatic imine (C=N–C) groups is 1. The summed E-state index contributed by atoms with van der Waals surface area (Å²) >= 11 is 0. The van der Waals surface area contributed by atoms with Crippen molar-refractivity contribution in [3.8, 4) is 11.5 Å². The fourth-order valence-electron chi connectivity index (χ4n) is 3.25. The molecule has 3 rings (SSSR count). The molecule has 36 heavy (non-hydrogen) atoms. The number of azo groups is 1. The lowest BCUT2D eigenvalue weighted by Gasteiger charge is -2.23. The predicted octanol–water partition coefficient (Wildman–Crippen LogP) is 5.26. The van der Waals surface area contributed by atoms with Gasteiger partial charge in [-0.2, -0.15) is 13.5 Å². The Morgan fingerprint density at radius 1 is 0.944 bits per heavy atom. The van der Waals surface area contributed by atoms with Crippen LogP contribution in [0.15, 0.2) is 74.7 Å². The minimum Gasteiger partial charge on any atom is -0.507 e. The Morgan fingerprint density at radius 3 is 2.19 bits per heavy atom. The van der Waals surface area contributed by atoms with Gasteiger partial charge in [0, 0.05) is 43.1 Å². The molecule has 13 heteroatoms. The van der Waals surface area contributed by atoms with E-state index in [0.29, 0.717) is 30.2 Å². The average Bonchev–Trinajstić information content (AvgIpc) is 2.84. The molecule has 0 aromatic heterocycles. The molecule has 188 valence electrons. The van der Waals surface area contributed by atoms with Crippen molar-refractivity contribution in [3.05, 3.63) is 70.3 Å². The summed E-state index contributed by atoms with van der Waals surface area (Å²) in [7, 11) is -4.34. The molecule has 0 heterocycles. The molecule has 0 fully saturated rings. The van der Waals surface area contributed by atoms with E-state index in [9.17, 15) is 28.7 Å². The third-order valence-corrected chi connectivity index (χ3v) is 6.02. The van der Waals surface area contributed by atoms with Crippen LogP contribution in [0.2, 0.25) is 0 Å². The lowest BCUT2D eigenvalue weighted by molar-refractivity contribution is -0.384. The Labute approximate surface area is 206 Å². The molecule has 0 radical (unpaired) electrons. The van der Waals surface area contributed by atoms with Gasteiger partial charge in [-0.25, -0.2) is 0 Å². The second kappa shape index (κ2) is 10.9.